The Hall–Kier alpha value is -8.20. The van der Waals surface area contributed by atoms with Gasteiger partial charge in [0, 0.05) is 27.6 Å². The molecule has 2 aliphatic rings. The van der Waals surface area contributed by atoms with E-state index in [4.69, 9.17) is 0 Å². The standard InChI is InChI=1S/C64H46N2/c1-63(2)55-26-11-9-24-51(55)52-38-35-48(42-58(52)63)64(47-20-5-3-6-21-47)56-27-12-15-30-61(56)66(62-31-16-13-28-57(62)64)50-36-32-43(33-37-50)44-18-17-19-45(40-44)46-34-39-60-54(41-46)53-25-10-14-29-59(53)65(60)49-22-7-4-8-23-49/h3-42H,1-2H3. The van der Waals surface area contributed by atoms with Crippen LogP contribution in [-0.2, 0) is 10.8 Å². The third-order valence-electron chi connectivity index (χ3n) is 14.7. The van der Waals surface area contributed by atoms with E-state index in [1.165, 1.54) is 106 Å². The van der Waals surface area contributed by atoms with E-state index in [-0.39, 0.29) is 5.41 Å². The molecular weight excluding hydrogens is 797 g/mol. The van der Waals surface area contributed by atoms with Crippen LogP contribution >= 0.6 is 0 Å². The molecule has 0 unspecified atom stereocenters. The van der Waals surface area contributed by atoms with Crippen LogP contribution < -0.4 is 4.90 Å². The number of benzene rings is 10. The molecule has 312 valence electrons. The van der Waals surface area contributed by atoms with Crippen LogP contribution in [0.25, 0.3) is 60.9 Å². The van der Waals surface area contributed by atoms with Gasteiger partial charge in [0.05, 0.1) is 27.8 Å². The van der Waals surface area contributed by atoms with E-state index in [0.29, 0.717) is 0 Å². The Balaban J connectivity index is 0.909. The molecular formula is C64H46N2. The maximum Gasteiger partial charge on any atom is 0.0742 e. The second-order valence-corrected chi connectivity index (χ2v) is 18.5. The average Bonchev–Trinajstić information content (AvgIpc) is 3.83. The van der Waals surface area contributed by atoms with Gasteiger partial charge < -0.3 is 9.47 Å². The highest BCUT2D eigenvalue weighted by atomic mass is 15.2. The number of hydrogen-bond acceptors (Lipinski definition) is 1. The molecule has 0 fully saturated rings. The molecule has 0 radical (unpaired) electrons. The molecule has 2 heteroatoms. The van der Waals surface area contributed by atoms with Crippen LogP contribution in [0.3, 0.4) is 0 Å². The Morgan fingerprint density at radius 2 is 0.879 bits per heavy atom. The highest BCUT2D eigenvalue weighted by molar-refractivity contribution is 6.10. The number of nitrogens with zero attached hydrogens (tertiary/aromatic N) is 2. The maximum atomic E-state index is 2.52. The second-order valence-electron chi connectivity index (χ2n) is 18.5. The van der Waals surface area contributed by atoms with Gasteiger partial charge in [-0.1, -0.05) is 196 Å². The quantitative estimate of drug-likeness (QED) is 0.162. The van der Waals surface area contributed by atoms with Crippen LogP contribution in [0, 0.1) is 0 Å². The van der Waals surface area contributed by atoms with E-state index in [1.807, 2.05) is 0 Å². The zero-order valence-electron chi connectivity index (χ0n) is 37.0. The van der Waals surface area contributed by atoms with Crippen molar-refractivity contribution in [1.29, 1.82) is 0 Å². The lowest BCUT2D eigenvalue weighted by Crippen LogP contribution is -2.38. The summed E-state index contributed by atoms with van der Waals surface area (Å²) in [5, 5.41) is 2.51. The first-order valence-corrected chi connectivity index (χ1v) is 23.1. The van der Waals surface area contributed by atoms with Gasteiger partial charge in [0.15, 0.2) is 0 Å². The monoisotopic (exact) mass is 842 g/mol. The van der Waals surface area contributed by atoms with Gasteiger partial charge in [0.1, 0.15) is 0 Å². The Kier molecular flexibility index (Phi) is 8.51. The zero-order valence-corrected chi connectivity index (χ0v) is 37.0. The first-order valence-electron chi connectivity index (χ1n) is 23.1. The van der Waals surface area contributed by atoms with Crippen LogP contribution in [0.1, 0.15) is 47.2 Å². The van der Waals surface area contributed by atoms with E-state index in [2.05, 4.69) is 266 Å². The van der Waals surface area contributed by atoms with Crippen molar-refractivity contribution < 1.29 is 0 Å². The van der Waals surface area contributed by atoms with E-state index in [0.717, 1.165) is 5.69 Å². The fourth-order valence-electron chi connectivity index (χ4n) is 11.6. The van der Waals surface area contributed by atoms with Crippen molar-refractivity contribution in [3.05, 3.63) is 276 Å². The predicted octanol–water partition coefficient (Wildman–Crippen LogP) is 16.6. The van der Waals surface area contributed by atoms with Crippen LogP contribution in [0.5, 0.6) is 0 Å². The lowest BCUT2D eigenvalue weighted by Gasteiger charge is -2.46. The number of para-hydroxylation sites is 4. The van der Waals surface area contributed by atoms with Crippen molar-refractivity contribution >= 4 is 38.9 Å². The lowest BCUT2D eigenvalue weighted by atomic mass is 9.62. The average molecular weight is 843 g/mol. The number of anilines is 3. The van der Waals surface area contributed by atoms with Gasteiger partial charge in [-0.15, -0.1) is 0 Å². The molecule has 0 atom stereocenters. The fourth-order valence-corrected chi connectivity index (χ4v) is 11.6. The smallest absolute Gasteiger partial charge is 0.0742 e. The third-order valence-corrected chi connectivity index (χ3v) is 14.7. The molecule has 0 bridgehead atoms. The maximum absolute atomic E-state index is 2.52. The number of hydrogen-bond donors (Lipinski definition) is 0. The van der Waals surface area contributed by atoms with Crippen molar-refractivity contribution in [1.82, 2.24) is 4.57 Å². The molecule has 10 aromatic carbocycles. The summed E-state index contributed by atoms with van der Waals surface area (Å²) >= 11 is 0. The molecule has 11 aromatic rings. The summed E-state index contributed by atoms with van der Waals surface area (Å²) in [6.07, 6.45) is 0. The van der Waals surface area contributed by atoms with Gasteiger partial charge in [0.2, 0.25) is 0 Å². The SMILES string of the molecule is CC1(C)c2ccccc2-c2ccc(C3(c4ccccc4)c4ccccc4N(c4ccc(-c5cccc(-c6ccc7c(c6)c6ccccc6n7-c6ccccc6)c5)cc4)c4ccccc43)cc21. The van der Waals surface area contributed by atoms with E-state index in [1.54, 1.807) is 0 Å². The van der Waals surface area contributed by atoms with Gasteiger partial charge in [-0.3, -0.25) is 0 Å². The zero-order chi connectivity index (χ0) is 44.0. The lowest BCUT2D eigenvalue weighted by molar-refractivity contribution is 0.654. The molecule has 0 amide bonds. The molecule has 2 heterocycles. The molecule has 1 aromatic heterocycles. The van der Waals surface area contributed by atoms with Gasteiger partial charge in [-0.25, -0.2) is 0 Å². The molecule has 13 rings (SSSR count). The van der Waals surface area contributed by atoms with Crippen molar-refractivity contribution in [3.8, 4) is 39.1 Å². The molecule has 1 aliphatic carbocycles. The fraction of sp³-hybridized carbons (Fsp3) is 0.0625. The van der Waals surface area contributed by atoms with Crippen LogP contribution in [0.4, 0.5) is 17.1 Å². The molecule has 0 saturated carbocycles. The Bertz CT molecular complexity index is 3620. The molecule has 0 saturated heterocycles. The summed E-state index contributed by atoms with van der Waals surface area (Å²) in [7, 11) is 0. The highest BCUT2D eigenvalue weighted by Crippen LogP contribution is 2.59. The first kappa shape index (κ1) is 38.3. The molecule has 66 heavy (non-hydrogen) atoms. The Morgan fingerprint density at radius 1 is 0.318 bits per heavy atom. The molecule has 1 aliphatic heterocycles. The summed E-state index contributed by atoms with van der Waals surface area (Å²) in [6.45, 7) is 4.76. The summed E-state index contributed by atoms with van der Waals surface area (Å²) in [5.74, 6) is 0. The molecule has 2 nitrogen and oxygen atoms in total. The Morgan fingerprint density at radius 3 is 1.62 bits per heavy atom. The Labute approximate surface area is 386 Å². The second kappa shape index (κ2) is 14.7. The third kappa shape index (κ3) is 5.55. The van der Waals surface area contributed by atoms with Gasteiger partial charge in [-0.05, 0) is 127 Å². The minimum Gasteiger partial charge on any atom is -0.310 e. The van der Waals surface area contributed by atoms with Crippen molar-refractivity contribution in [2.75, 3.05) is 4.90 Å². The van der Waals surface area contributed by atoms with E-state index in [9.17, 15) is 0 Å². The van der Waals surface area contributed by atoms with Crippen LogP contribution in [0.2, 0.25) is 0 Å². The molecule has 0 N–H and O–H groups in total. The van der Waals surface area contributed by atoms with Gasteiger partial charge in [-0.2, -0.15) is 0 Å². The summed E-state index contributed by atoms with van der Waals surface area (Å²) in [4.78, 5) is 2.47. The minimum absolute atomic E-state index is 0.126. The summed E-state index contributed by atoms with van der Waals surface area (Å²) in [6, 6.07) is 90.0. The molecule has 0 spiro atoms. The normalized spacial score (nSPS) is 14.1. The van der Waals surface area contributed by atoms with Gasteiger partial charge >= 0.3 is 0 Å². The van der Waals surface area contributed by atoms with Crippen molar-refractivity contribution in [3.63, 3.8) is 0 Å². The largest absolute Gasteiger partial charge is 0.310 e. The number of aromatic nitrogens is 1. The van der Waals surface area contributed by atoms with E-state index >= 15 is 0 Å². The topological polar surface area (TPSA) is 8.17 Å². The first-order chi connectivity index (χ1) is 32.5. The van der Waals surface area contributed by atoms with Crippen LogP contribution in [-0.4, -0.2) is 4.57 Å². The number of fused-ring (bicyclic) bond motifs is 8. The van der Waals surface area contributed by atoms with Crippen molar-refractivity contribution in [2.45, 2.75) is 24.7 Å². The summed E-state index contributed by atoms with van der Waals surface area (Å²) in [5.41, 5.74) is 21.7. The predicted molar refractivity (Wildman–Crippen MR) is 276 cm³/mol. The van der Waals surface area contributed by atoms with E-state index < -0.39 is 5.41 Å². The van der Waals surface area contributed by atoms with Gasteiger partial charge in [0.25, 0.3) is 0 Å². The minimum atomic E-state index is -0.565. The van der Waals surface area contributed by atoms with Crippen molar-refractivity contribution in [2.24, 2.45) is 0 Å². The highest BCUT2D eigenvalue weighted by Gasteiger charge is 2.47. The summed E-state index contributed by atoms with van der Waals surface area (Å²) < 4.78 is 2.38. The van der Waals surface area contributed by atoms with Crippen LogP contribution in [0.15, 0.2) is 243 Å². The number of rotatable bonds is 6.